The molecule has 21 heavy (non-hydrogen) atoms. The van der Waals surface area contributed by atoms with Crippen molar-refractivity contribution in [2.24, 2.45) is 5.73 Å². The second-order valence-electron chi connectivity index (χ2n) is 4.42. The highest BCUT2D eigenvalue weighted by Gasteiger charge is 2.21. The van der Waals surface area contributed by atoms with Gasteiger partial charge in [-0.1, -0.05) is 29.9 Å². The maximum Gasteiger partial charge on any atom is 0.263 e. The molecule has 1 heterocycles. The number of sulfonamides is 1. The molecule has 0 fully saturated rings. The van der Waals surface area contributed by atoms with Crippen LogP contribution in [0.4, 0.5) is 5.69 Å². The monoisotopic (exact) mass is 344 g/mol. The molecule has 2 aromatic rings. The molecule has 9 heteroatoms. The minimum Gasteiger partial charge on any atom is -0.389 e. The van der Waals surface area contributed by atoms with E-state index in [1.165, 1.54) is 18.2 Å². The van der Waals surface area contributed by atoms with Crippen LogP contribution >= 0.6 is 23.8 Å². The molecule has 0 saturated carbocycles. The van der Waals surface area contributed by atoms with Gasteiger partial charge in [0.15, 0.2) is 0 Å². The topological polar surface area (TPSA) is 101 Å². The molecule has 0 aliphatic rings. The number of aromatic amines is 1. The van der Waals surface area contributed by atoms with Crippen molar-refractivity contribution in [3.63, 3.8) is 0 Å². The van der Waals surface area contributed by atoms with Gasteiger partial charge in [-0.25, -0.2) is 8.42 Å². The summed E-state index contributed by atoms with van der Waals surface area (Å²) in [5.41, 5.74) is 7.56. The number of aryl methyl sites for hydroxylation is 2. The summed E-state index contributed by atoms with van der Waals surface area (Å²) in [7, 11) is -3.83. The van der Waals surface area contributed by atoms with E-state index in [0.29, 0.717) is 22.6 Å². The number of anilines is 1. The number of rotatable bonds is 4. The standard InChI is InChI=1S/C12H13ClN4O2S2/c1-6-11(7(2)16-15-6)17-21(18,19)10-4-3-8(12(14)20)5-9(10)13/h3-5,17H,1-2H3,(H2,14,20)(H,15,16). The SMILES string of the molecule is Cc1n[nH]c(C)c1NS(=O)(=O)c1ccc(C(N)=S)cc1Cl. The van der Waals surface area contributed by atoms with Crippen LogP contribution in [0.2, 0.25) is 5.02 Å². The molecular weight excluding hydrogens is 332 g/mol. The average molecular weight is 345 g/mol. The van der Waals surface area contributed by atoms with Crippen LogP contribution in [0.1, 0.15) is 17.0 Å². The third-order valence-corrected chi connectivity index (χ3v) is 4.94. The molecule has 0 aliphatic heterocycles. The molecule has 6 nitrogen and oxygen atoms in total. The number of hydrogen-bond donors (Lipinski definition) is 3. The van der Waals surface area contributed by atoms with Gasteiger partial charge >= 0.3 is 0 Å². The Morgan fingerprint density at radius 2 is 2.10 bits per heavy atom. The molecule has 112 valence electrons. The minimum absolute atomic E-state index is 0.0478. The van der Waals surface area contributed by atoms with Crippen molar-refractivity contribution >= 4 is 44.5 Å². The molecule has 2 rings (SSSR count). The van der Waals surface area contributed by atoms with Crippen LogP contribution in [0, 0.1) is 13.8 Å². The van der Waals surface area contributed by atoms with Crippen LogP contribution in [-0.2, 0) is 10.0 Å². The smallest absolute Gasteiger partial charge is 0.263 e. The largest absolute Gasteiger partial charge is 0.389 e. The van der Waals surface area contributed by atoms with Crippen LogP contribution in [0.25, 0.3) is 0 Å². The van der Waals surface area contributed by atoms with Gasteiger partial charge in [-0.2, -0.15) is 5.10 Å². The Hall–Kier alpha value is -1.64. The highest BCUT2D eigenvalue weighted by molar-refractivity contribution is 7.92. The first-order valence-electron chi connectivity index (χ1n) is 5.86. The molecule has 0 saturated heterocycles. The van der Waals surface area contributed by atoms with E-state index >= 15 is 0 Å². The number of H-pyrrole nitrogens is 1. The van der Waals surface area contributed by atoms with Gasteiger partial charge in [-0.05, 0) is 26.0 Å². The lowest BCUT2D eigenvalue weighted by Gasteiger charge is -2.10. The first-order chi connectivity index (χ1) is 9.72. The Labute approximate surface area is 132 Å². The molecule has 0 amide bonds. The highest BCUT2D eigenvalue weighted by Crippen LogP contribution is 2.26. The number of halogens is 1. The average Bonchev–Trinajstić information content (AvgIpc) is 2.69. The molecule has 1 aromatic carbocycles. The molecule has 0 aliphatic carbocycles. The molecule has 0 radical (unpaired) electrons. The first-order valence-corrected chi connectivity index (χ1v) is 8.13. The van der Waals surface area contributed by atoms with Crippen molar-refractivity contribution in [1.82, 2.24) is 10.2 Å². The van der Waals surface area contributed by atoms with Gasteiger partial charge in [-0.3, -0.25) is 9.82 Å². The zero-order chi connectivity index (χ0) is 15.8. The van der Waals surface area contributed by atoms with E-state index in [-0.39, 0.29) is 14.9 Å². The molecule has 0 spiro atoms. The summed E-state index contributed by atoms with van der Waals surface area (Å²) in [6.45, 7) is 3.41. The van der Waals surface area contributed by atoms with Gasteiger partial charge in [0.1, 0.15) is 9.88 Å². The Balaban J connectivity index is 2.43. The molecule has 0 bridgehead atoms. The van der Waals surface area contributed by atoms with Crippen LogP contribution in [0.3, 0.4) is 0 Å². The van der Waals surface area contributed by atoms with Gasteiger partial charge in [0.2, 0.25) is 0 Å². The van der Waals surface area contributed by atoms with Gasteiger partial charge in [-0.15, -0.1) is 0 Å². The predicted molar refractivity (Wildman–Crippen MR) is 86.2 cm³/mol. The van der Waals surface area contributed by atoms with Crippen LogP contribution in [0.15, 0.2) is 23.1 Å². The van der Waals surface area contributed by atoms with E-state index in [4.69, 9.17) is 29.6 Å². The van der Waals surface area contributed by atoms with Crippen molar-refractivity contribution in [2.75, 3.05) is 4.72 Å². The zero-order valence-corrected chi connectivity index (χ0v) is 13.7. The van der Waals surface area contributed by atoms with Crippen LogP contribution < -0.4 is 10.5 Å². The number of nitrogens with two attached hydrogens (primary N) is 1. The summed E-state index contributed by atoms with van der Waals surface area (Å²) in [5, 5.41) is 6.69. The fraction of sp³-hybridized carbons (Fsp3) is 0.167. The normalized spacial score (nSPS) is 11.4. The lowest BCUT2D eigenvalue weighted by atomic mass is 10.2. The highest BCUT2D eigenvalue weighted by atomic mass is 35.5. The van der Waals surface area contributed by atoms with Crippen molar-refractivity contribution < 1.29 is 8.42 Å². The third kappa shape index (κ3) is 3.17. The summed E-state index contributed by atoms with van der Waals surface area (Å²) >= 11 is 10.8. The molecule has 1 aromatic heterocycles. The number of thiocarbonyl (C=S) groups is 1. The summed E-state index contributed by atoms with van der Waals surface area (Å²) < 4.78 is 27.3. The lowest BCUT2D eigenvalue weighted by Crippen LogP contribution is -2.15. The van der Waals surface area contributed by atoms with Crippen molar-refractivity contribution in [3.8, 4) is 0 Å². The third-order valence-electron chi connectivity index (χ3n) is 2.87. The van der Waals surface area contributed by atoms with Crippen molar-refractivity contribution in [2.45, 2.75) is 18.7 Å². The molecule has 0 unspecified atom stereocenters. The number of benzene rings is 1. The minimum atomic E-state index is -3.83. The van der Waals surface area contributed by atoms with Crippen LogP contribution in [0.5, 0.6) is 0 Å². The van der Waals surface area contributed by atoms with E-state index in [1.54, 1.807) is 13.8 Å². The number of aromatic nitrogens is 2. The predicted octanol–water partition coefficient (Wildman–Crippen LogP) is 2.11. The maximum absolute atomic E-state index is 12.4. The Bertz CT molecular complexity index is 795. The van der Waals surface area contributed by atoms with E-state index in [1.807, 2.05) is 0 Å². The van der Waals surface area contributed by atoms with Crippen molar-refractivity contribution in [3.05, 3.63) is 40.2 Å². The number of hydrogen-bond acceptors (Lipinski definition) is 4. The Morgan fingerprint density at radius 1 is 1.43 bits per heavy atom. The van der Waals surface area contributed by atoms with Gasteiger partial charge in [0.05, 0.1) is 22.1 Å². The summed E-state index contributed by atoms with van der Waals surface area (Å²) in [4.78, 5) is 0.0968. The second-order valence-corrected chi connectivity index (χ2v) is 6.92. The fourth-order valence-corrected chi connectivity index (χ4v) is 3.62. The van der Waals surface area contributed by atoms with E-state index in [9.17, 15) is 8.42 Å². The number of nitrogens with zero attached hydrogens (tertiary/aromatic N) is 1. The summed E-state index contributed by atoms with van der Waals surface area (Å²) in [6.07, 6.45) is 0. The first kappa shape index (κ1) is 15.7. The van der Waals surface area contributed by atoms with E-state index < -0.39 is 10.0 Å². The fourth-order valence-electron chi connectivity index (χ4n) is 1.76. The van der Waals surface area contributed by atoms with Crippen LogP contribution in [-0.4, -0.2) is 23.6 Å². The zero-order valence-electron chi connectivity index (χ0n) is 11.3. The Morgan fingerprint density at radius 3 is 2.57 bits per heavy atom. The quantitative estimate of drug-likeness (QED) is 0.737. The van der Waals surface area contributed by atoms with E-state index in [0.717, 1.165) is 0 Å². The Kier molecular flexibility index (Phi) is 4.22. The van der Waals surface area contributed by atoms with Gasteiger partial charge in [0, 0.05) is 5.56 Å². The second kappa shape index (κ2) is 5.63. The molecule has 4 N–H and O–H groups in total. The molecular formula is C12H13ClN4O2S2. The summed E-state index contributed by atoms with van der Waals surface area (Å²) in [6, 6.07) is 4.30. The molecule has 0 atom stereocenters. The lowest BCUT2D eigenvalue weighted by molar-refractivity contribution is 0.601. The van der Waals surface area contributed by atoms with E-state index in [2.05, 4.69) is 14.9 Å². The maximum atomic E-state index is 12.4. The van der Waals surface area contributed by atoms with Gasteiger partial charge < -0.3 is 5.73 Å². The van der Waals surface area contributed by atoms with Crippen molar-refractivity contribution in [1.29, 1.82) is 0 Å². The van der Waals surface area contributed by atoms with Gasteiger partial charge in [0.25, 0.3) is 10.0 Å². The summed E-state index contributed by atoms with van der Waals surface area (Å²) in [5.74, 6) is 0. The number of nitrogens with one attached hydrogen (secondary N) is 2.